The molecule has 0 heterocycles. The predicted molar refractivity (Wildman–Crippen MR) is 85.5 cm³/mol. The van der Waals surface area contributed by atoms with Crippen molar-refractivity contribution in [2.24, 2.45) is 0 Å². The molecule has 0 saturated heterocycles. The summed E-state index contributed by atoms with van der Waals surface area (Å²) in [4.78, 5) is 13.3. The van der Waals surface area contributed by atoms with E-state index < -0.39 is 5.97 Å². The maximum Gasteiger partial charge on any atom is 0.304 e. The zero-order chi connectivity index (χ0) is 15.2. The quantitative estimate of drug-likeness (QED) is 0.863. The molecule has 3 heteroatoms. The van der Waals surface area contributed by atoms with Crippen molar-refractivity contribution in [3.8, 4) is 0 Å². The normalized spacial score (nSPS) is 22.7. The van der Waals surface area contributed by atoms with Crippen LogP contribution in [0.2, 0.25) is 0 Å². The van der Waals surface area contributed by atoms with Gasteiger partial charge in [-0.3, -0.25) is 9.69 Å². The van der Waals surface area contributed by atoms with Crippen molar-refractivity contribution in [2.45, 2.75) is 64.0 Å². The molecule has 2 rings (SSSR count). The average molecular weight is 289 g/mol. The Morgan fingerprint density at radius 3 is 2.52 bits per heavy atom. The molecule has 21 heavy (non-hydrogen) atoms. The number of carboxylic acids is 1. The van der Waals surface area contributed by atoms with Crippen LogP contribution in [0.4, 0.5) is 0 Å². The van der Waals surface area contributed by atoms with E-state index in [1.165, 1.54) is 31.2 Å². The van der Waals surface area contributed by atoms with E-state index in [1.54, 1.807) is 0 Å². The first kappa shape index (κ1) is 16.0. The third-order valence-electron chi connectivity index (χ3n) is 4.63. The number of aliphatic carboxylic acids is 1. The van der Waals surface area contributed by atoms with Crippen molar-refractivity contribution in [3.05, 3.63) is 35.9 Å². The van der Waals surface area contributed by atoms with Gasteiger partial charge in [0, 0.05) is 18.6 Å². The van der Waals surface area contributed by atoms with Gasteiger partial charge in [-0.25, -0.2) is 0 Å². The minimum atomic E-state index is -0.701. The van der Waals surface area contributed by atoms with Crippen molar-refractivity contribution < 1.29 is 9.90 Å². The Balaban J connectivity index is 2.17. The Hall–Kier alpha value is -1.35. The van der Waals surface area contributed by atoms with Crippen molar-refractivity contribution in [3.63, 3.8) is 0 Å². The monoisotopic (exact) mass is 289 g/mol. The number of rotatable bonds is 6. The lowest BCUT2D eigenvalue weighted by molar-refractivity contribution is -0.137. The van der Waals surface area contributed by atoms with Crippen molar-refractivity contribution in [1.29, 1.82) is 0 Å². The second-order valence-corrected chi connectivity index (χ2v) is 6.34. The number of carboxylic acid groups (broad SMARTS) is 1. The van der Waals surface area contributed by atoms with Crippen LogP contribution in [0.1, 0.15) is 57.4 Å². The molecule has 0 aliphatic heterocycles. The topological polar surface area (TPSA) is 40.5 Å². The molecule has 3 nitrogen and oxygen atoms in total. The van der Waals surface area contributed by atoms with Gasteiger partial charge >= 0.3 is 5.97 Å². The van der Waals surface area contributed by atoms with Crippen LogP contribution in [-0.4, -0.2) is 34.6 Å². The smallest absolute Gasteiger partial charge is 0.304 e. The lowest BCUT2D eigenvalue weighted by atomic mass is 9.78. The van der Waals surface area contributed by atoms with Crippen LogP contribution in [0.15, 0.2) is 30.3 Å². The molecule has 116 valence electrons. The molecular formula is C18H27NO2. The van der Waals surface area contributed by atoms with E-state index in [2.05, 4.69) is 49.1 Å². The minimum Gasteiger partial charge on any atom is -0.481 e. The van der Waals surface area contributed by atoms with Gasteiger partial charge in [-0.2, -0.15) is 0 Å². The summed E-state index contributed by atoms with van der Waals surface area (Å²) in [6.45, 7) is 5.01. The summed E-state index contributed by atoms with van der Waals surface area (Å²) in [7, 11) is 0. The zero-order valence-electron chi connectivity index (χ0n) is 13.2. The van der Waals surface area contributed by atoms with E-state index in [1.807, 2.05) is 0 Å². The van der Waals surface area contributed by atoms with Crippen molar-refractivity contribution >= 4 is 5.97 Å². The van der Waals surface area contributed by atoms with Gasteiger partial charge in [0.1, 0.15) is 0 Å². The van der Waals surface area contributed by atoms with Crippen LogP contribution < -0.4 is 0 Å². The van der Waals surface area contributed by atoms with Gasteiger partial charge in [-0.05, 0) is 38.2 Å². The Morgan fingerprint density at radius 1 is 1.24 bits per heavy atom. The molecule has 1 aromatic carbocycles. The van der Waals surface area contributed by atoms with Gasteiger partial charge in [0.05, 0.1) is 6.42 Å². The lowest BCUT2D eigenvalue weighted by Gasteiger charge is -2.42. The molecule has 0 spiro atoms. The summed E-state index contributed by atoms with van der Waals surface area (Å²) in [6.07, 6.45) is 5.16. The highest BCUT2D eigenvalue weighted by molar-refractivity contribution is 5.66. The predicted octanol–water partition coefficient (Wildman–Crippen LogP) is 3.90. The second-order valence-electron chi connectivity index (χ2n) is 6.34. The summed E-state index contributed by atoms with van der Waals surface area (Å²) < 4.78 is 0. The van der Waals surface area contributed by atoms with Gasteiger partial charge in [-0.1, -0.05) is 43.2 Å². The second kappa shape index (κ2) is 7.60. The summed E-state index contributed by atoms with van der Waals surface area (Å²) in [5.74, 6) is -0.163. The molecule has 1 aliphatic rings. The van der Waals surface area contributed by atoms with Gasteiger partial charge in [0.15, 0.2) is 0 Å². The number of carbonyl (C=O) groups is 1. The van der Waals surface area contributed by atoms with Gasteiger partial charge in [-0.15, -0.1) is 0 Å². The first-order valence-electron chi connectivity index (χ1n) is 8.12. The number of benzene rings is 1. The third kappa shape index (κ3) is 4.31. The Bertz CT molecular complexity index is 444. The summed E-state index contributed by atoms with van der Waals surface area (Å²) in [5.41, 5.74) is 1.41. The number of hydrogen-bond donors (Lipinski definition) is 1. The largest absolute Gasteiger partial charge is 0.481 e. The van der Waals surface area contributed by atoms with Crippen LogP contribution in [0.5, 0.6) is 0 Å². The van der Waals surface area contributed by atoms with E-state index in [4.69, 9.17) is 5.11 Å². The molecule has 2 unspecified atom stereocenters. The number of nitrogens with zero attached hydrogens (tertiary/aromatic N) is 1. The fraction of sp³-hybridized carbons (Fsp3) is 0.611. The maximum absolute atomic E-state index is 10.9. The molecule has 0 bridgehead atoms. The minimum absolute atomic E-state index is 0.232. The highest BCUT2D eigenvalue weighted by atomic mass is 16.4. The lowest BCUT2D eigenvalue weighted by Crippen LogP contribution is -2.46. The summed E-state index contributed by atoms with van der Waals surface area (Å²) >= 11 is 0. The zero-order valence-corrected chi connectivity index (χ0v) is 13.2. The van der Waals surface area contributed by atoms with Crippen LogP contribution >= 0.6 is 0 Å². The molecule has 1 aliphatic carbocycles. The number of hydrogen-bond acceptors (Lipinski definition) is 2. The standard InChI is InChI=1S/C18H27NO2/c1-14(2)19(13-12-18(20)21)17-11-7-6-10-16(17)15-8-4-3-5-9-15/h3-5,8-9,14,16-17H,6-7,10-13H2,1-2H3,(H,20,21). The molecular weight excluding hydrogens is 262 g/mol. The third-order valence-corrected chi connectivity index (χ3v) is 4.63. The molecule has 1 N–H and O–H groups in total. The summed E-state index contributed by atoms with van der Waals surface area (Å²) in [6, 6.07) is 11.6. The molecule has 0 amide bonds. The van der Waals surface area contributed by atoms with Crippen LogP contribution in [-0.2, 0) is 4.79 Å². The summed E-state index contributed by atoms with van der Waals surface area (Å²) in [5, 5.41) is 9.00. The molecule has 1 saturated carbocycles. The van der Waals surface area contributed by atoms with Gasteiger partial charge in [0.25, 0.3) is 0 Å². The van der Waals surface area contributed by atoms with E-state index in [0.717, 1.165) is 0 Å². The Morgan fingerprint density at radius 2 is 1.90 bits per heavy atom. The first-order chi connectivity index (χ1) is 10.1. The molecule has 2 atom stereocenters. The highest BCUT2D eigenvalue weighted by Gasteiger charge is 2.32. The average Bonchev–Trinajstić information content (AvgIpc) is 2.48. The molecule has 0 radical (unpaired) electrons. The van der Waals surface area contributed by atoms with E-state index in [-0.39, 0.29) is 6.42 Å². The molecule has 1 aromatic rings. The molecule has 1 fully saturated rings. The van der Waals surface area contributed by atoms with Crippen molar-refractivity contribution in [1.82, 2.24) is 4.90 Å². The van der Waals surface area contributed by atoms with Gasteiger partial charge in [0.2, 0.25) is 0 Å². The van der Waals surface area contributed by atoms with Crippen LogP contribution in [0, 0.1) is 0 Å². The van der Waals surface area contributed by atoms with Crippen LogP contribution in [0.25, 0.3) is 0 Å². The SMILES string of the molecule is CC(C)N(CCC(=O)O)C1CCCCC1c1ccccc1. The van der Waals surface area contributed by atoms with Crippen LogP contribution in [0.3, 0.4) is 0 Å². The van der Waals surface area contributed by atoms with E-state index in [9.17, 15) is 4.79 Å². The van der Waals surface area contributed by atoms with Gasteiger partial charge < -0.3 is 5.11 Å². The maximum atomic E-state index is 10.9. The highest BCUT2D eigenvalue weighted by Crippen LogP contribution is 2.36. The Labute approximate surface area is 128 Å². The Kier molecular flexibility index (Phi) is 5.80. The fourth-order valence-electron chi connectivity index (χ4n) is 3.63. The van der Waals surface area contributed by atoms with E-state index in [0.29, 0.717) is 24.5 Å². The first-order valence-corrected chi connectivity index (χ1v) is 8.12. The van der Waals surface area contributed by atoms with E-state index >= 15 is 0 Å². The molecule has 0 aromatic heterocycles. The van der Waals surface area contributed by atoms with Crippen molar-refractivity contribution in [2.75, 3.05) is 6.54 Å². The fourth-order valence-corrected chi connectivity index (χ4v) is 3.63.